The summed E-state index contributed by atoms with van der Waals surface area (Å²) in [6, 6.07) is 8.38. The number of aromatic nitrogens is 4. The van der Waals surface area contributed by atoms with E-state index in [2.05, 4.69) is 30.3 Å². The molecular weight excluding hydrogens is 747 g/mol. The summed E-state index contributed by atoms with van der Waals surface area (Å²) in [6.07, 6.45) is 12.4. The van der Waals surface area contributed by atoms with Crippen LogP contribution in [0.15, 0.2) is 42.9 Å². The van der Waals surface area contributed by atoms with Crippen molar-refractivity contribution in [2.24, 2.45) is 17.3 Å². The largest absolute Gasteiger partial charge is 0.495 e. The molecule has 3 aromatic heterocycles. The number of carbonyl (C=O) groups excluding carboxylic acids is 2. The number of nitrogens with one attached hydrogen (secondary N) is 1. The maximum Gasteiger partial charge on any atom is 0.416 e. The van der Waals surface area contributed by atoms with E-state index < -0.39 is 32.7 Å². The molecule has 0 spiro atoms. The Kier molecular flexibility index (Phi) is 13.0. The van der Waals surface area contributed by atoms with Crippen LogP contribution in [0.4, 0.5) is 10.6 Å². The summed E-state index contributed by atoms with van der Waals surface area (Å²) in [6.45, 7) is 10.9. The lowest BCUT2D eigenvalue weighted by atomic mass is 9.79. The highest BCUT2D eigenvalue weighted by Gasteiger charge is 2.33. The Morgan fingerprint density at radius 2 is 1.84 bits per heavy atom. The van der Waals surface area contributed by atoms with Crippen molar-refractivity contribution >= 4 is 42.5 Å². The number of carbonyl (C=O) groups is 2. The molecule has 2 aliphatic carbocycles. The van der Waals surface area contributed by atoms with E-state index in [1.54, 1.807) is 13.3 Å². The topological polar surface area (TPSA) is 132 Å². The lowest BCUT2D eigenvalue weighted by Crippen LogP contribution is -2.42. The summed E-state index contributed by atoms with van der Waals surface area (Å²) in [5.74, 6) is 2.28. The number of halogens is 1. The first-order valence-corrected chi connectivity index (χ1v) is 19.8. The second-order valence-corrected chi connectivity index (χ2v) is 17.2. The molecule has 5 rings (SSSR count). The minimum absolute atomic E-state index is 0.0169. The molecule has 2 saturated carbocycles. The third-order valence-electron chi connectivity index (χ3n) is 9.97. The molecule has 12 heteroatoms. The van der Waals surface area contributed by atoms with Gasteiger partial charge in [0.1, 0.15) is 32.7 Å². The third-order valence-corrected chi connectivity index (χ3v) is 12.3. The highest BCUT2D eigenvalue weighted by molar-refractivity contribution is 14.2. The van der Waals surface area contributed by atoms with Gasteiger partial charge in [0.05, 0.1) is 19.0 Å². The second-order valence-electron chi connectivity index (χ2n) is 14.8. The van der Waals surface area contributed by atoms with E-state index in [-0.39, 0.29) is 24.5 Å². The lowest BCUT2D eigenvalue weighted by molar-refractivity contribution is -0.123. The van der Waals surface area contributed by atoms with E-state index >= 15 is 0 Å². The van der Waals surface area contributed by atoms with Crippen molar-refractivity contribution < 1.29 is 22.5 Å². The minimum atomic E-state index is -0.883. The maximum absolute atomic E-state index is 14.4. The fraction of sp³-hybridized carbons (Fsp3) is 0.579. The molecule has 2 amide bonds. The van der Waals surface area contributed by atoms with Crippen molar-refractivity contribution in [3.05, 3.63) is 54.2 Å². The van der Waals surface area contributed by atoms with Gasteiger partial charge in [0.2, 0.25) is 5.91 Å². The molecule has 0 bridgehead atoms. The first kappa shape index (κ1) is 37.9. The number of pyridine rings is 2. The zero-order chi connectivity index (χ0) is 35.8. The molecule has 272 valence electrons. The van der Waals surface area contributed by atoms with E-state index in [0.717, 1.165) is 79.6 Å². The van der Waals surface area contributed by atoms with Crippen molar-refractivity contribution in [2.75, 3.05) is 31.7 Å². The molecule has 0 aliphatic heterocycles. The van der Waals surface area contributed by atoms with Crippen LogP contribution in [-0.4, -0.2) is 67.2 Å². The molecule has 3 aromatic rings. The van der Waals surface area contributed by atoms with Gasteiger partial charge in [-0.05, 0) is 111 Å². The average molecular weight is 801 g/mol. The maximum atomic E-state index is 14.4. The molecule has 3 heterocycles. The number of aryl methyl sites for hydroxylation is 1. The molecule has 2 aliphatic rings. The predicted molar refractivity (Wildman–Crippen MR) is 205 cm³/mol. The second kappa shape index (κ2) is 17.2. The first-order valence-electron chi connectivity index (χ1n) is 17.8. The van der Waals surface area contributed by atoms with Gasteiger partial charge in [0.15, 0.2) is 0 Å². The third kappa shape index (κ3) is 9.89. The van der Waals surface area contributed by atoms with Gasteiger partial charge >= 0.3 is 6.09 Å². The molecular formula is C38H53IN6O5. The summed E-state index contributed by atoms with van der Waals surface area (Å²) in [5.41, 5.74) is 3.64. The summed E-state index contributed by atoms with van der Waals surface area (Å²) in [4.78, 5) is 38.2. The fourth-order valence-electron chi connectivity index (χ4n) is 6.68. The standard InChI is InChI=1S/C38H53IN6O5/c1-25(2)45-22-31(20-42-45)30-17-18-40-35(19-30)44(21-27-7-9-28(10-8-27)33-15-16-34(49-6)26(3)43-33)36(47)29-11-13-32(14-12-29)39-50-37(48)41-23-38(4,5)24-46/h15-20,22,25,27-29,46H,7-14,21,23-24H2,1-6H3,(H,41,48). The zero-order valence-corrected chi connectivity index (χ0v) is 32.5. The molecule has 0 radical (unpaired) electrons. The number of anilines is 1. The molecule has 2 fully saturated rings. The van der Waals surface area contributed by atoms with Crippen LogP contribution in [-0.2, 0) is 7.86 Å². The van der Waals surface area contributed by atoms with Crippen molar-refractivity contribution in [2.45, 2.75) is 97.9 Å². The van der Waals surface area contributed by atoms with E-state index in [1.807, 2.05) is 60.9 Å². The van der Waals surface area contributed by atoms with E-state index in [4.69, 9.17) is 17.8 Å². The zero-order valence-electron chi connectivity index (χ0n) is 30.3. The van der Waals surface area contributed by atoms with Crippen molar-refractivity contribution in [1.82, 2.24) is 25.1 Å². The Bertz CT molecular complexity index is 1640. The highest BCUT2D eigenvalue weighted by atomic mass is 127. The number of aliphatic hydroxyl groups excluding tert-OH is 1. The Hall–Kier alpha value is -3.39. The Labute approximate surface area is 306 Å². The van der Waals surface area contributed by atoms with Gasteiger partial charge < -0.3 is 18.2 Å². The van der Waals surface area contributed by atoms with Gasteiger partial charge in [-0.3, -0.25) is 19.4 Å². The van der Waals surface area contributed by atoms with Gasteiger partial charge in [-0.15, -0.1) is 0 Å². The highest BCUT2D eigenvalue weighted by Crippen LogP contribution is 2.38. The van der Waals surface area contributed by atoms with Crippen LogP contribution >= 0.6 is 21.1 Å². The van der Waals surface area contributed by atoms with Crippen LogP contribution in [0.1, 0.15) is 102 Å². The number of rotatable bonds is 12. The smallest absolute Gasteiger partial charge is 0.416 e. The lowest BCUT2D eigenvalue weighted by Gasteiger charge is -2.35. The van der Waals surface area contributed by atoms with Crippen molar-refractivity contribution in [3.8, 4) is 16.9 Å². The Morgan fingerprint density at radius 1 is 1.10 bits per heavy atom. The monoisotopic (exact) mass is 800 g/mol. The fourth-order valence-corrected chi connectivity index (χ4v) is 8.41. The van der Waals surface area contributed by atoms with Gasteiger partial charge in [0, 0.05) is 66.6 Å². The SMILES string of the molecule is COc1ccc(C2CCC(CN(C(=O)C3CCC(=IOC(=O)NCC(C)(C)CO)CC3)c3cc(-c4cnn(C(C)C)c4)ccn3)CC2)nc1C. The van der Waals surface area contributed by atoms with Crippen LogP contribution in [0.5, 0.6) is 5.75 Å². The Morgan fingerprint density at radius 3 is 2.48 bits per heavy atom. The molecule has 0 unspecified atom stereocenters. The normalized spacial score (nSPS) is 19.7. The van der Waals surface area contributed by atoms with Crippen molar-refractivity contribution in [1.29, 1.82) is 0 Å². The van der Waals surface area contributed by atoms with E-state index in [0.29, 0.717) is 30.7 Å². The number of methoxy groups -OCH3 is 1. The Balaban J connectivity index is 1.27. The van der Waals surface area contributed by atoms with Crippen LogP contribution in [0.3, 0.4) is 0 Å². The van der Waals surface area contributed by atoms with Crippen LogP contribution in [0, 0.1) is 24.2 Å². The summed E-state index contributed by atoms with van der Waals surface area (Å²) < 4.78 is 14.2. The van der Waals surface area contributed by atoms with Crippen LogP contribution in [0.2, 0.25) is 0 Å². The van der Waals surface area contributed by atoms with Gasteiger partial charge in [-0.1, -0.05) is 13.8 Å². The van der Waals surface area contributed by atoms with Gasteiger partial charge in [0.25, 0.3) is 0 Å². The van der Waals surface area contributed by atoms with Crippen LogP contribution < -0.4 is 15.0 Å². The summed E-state index contributed by atoms with van der Waals surface area (Å²) in [7, 11) is 1.68. The number of hydrogen-bond donors (Lipinski definition) is 2. The average Bonchev–Trinajstić information content (AvgIpc) is 3.64. The van der Waals surface area contributed by atoms with Gasteiger partial charge in [-0.2, -0.15) is 5.10 Å². The molecule has 50 heavy (non-hydrogen) atoms. The quantitative estimate of drug-likeness (QED) is 0.180. The summed E-state index contributed by atoms with van der Waals surface area (Å²) in [5, 5.41) is 16.7. The predicted octanol–water partition coefficient (Wildman–Crippen LogP) is 7.54. The molecule has 0 atom stereocenters. The molecule has 0 saturated heterocycles. The van der Waals surface area contributed by atoms with Crippen LogP contribution in [0.25, 0.3) is 11.1 Å². The van der Waals surface area contributed by atoms with E-state index in [9.17, 15) is 14.7 Å². The van der Waals surface area contributed by atoms with Gasteiger partial charge in [-0.25, -0.2) is 9.78 Å². The molecule has 11 nitrogen and oxygen atoms in total. The number of aliphatic hydroxyl groups is 1. The van der Waals surface area contributed by atoms with E-state index in [1.165, 1.54) is 3.51 Å². The number of nitrogens with zero attached hydrogens (tertiary/aromatic N) is 5. The first-order chi connectivity index (χ1) is 24.0. The number of amides is 2. The summed E-state index contributed by atoms with van der Waals surface area (Å²) >= 11 is -0.883. The molecule has 2 N–H and O–H groups in total. The minimum Gasteiger partial charge on any atom is -0.495 e. The molecule has 0 aromatic carbocycles. The number of ether oxygens (including phenoxy) is 1. The van der Waals surface area contributed by atoms with Crippen molar-refractivity contribution in [3.63, 3.8) is 0 Å². The number of hydrogen-bond acceptors (Lipinski definition) is 8.